The summed E-state index contributed by atoms with van der Waals surface area (Å²) < 4.78 is 5.64. The van der Waals surface area contributed by atoms with Gasteiger partial charge < -0.3 is 9.57 Å². The molecular weight excluding hydrogens is 384 g/mol. The van der Waals surface area contributed by atoms with Crippen molar-refractivity contribution in [1.82, 2.24) is 5.48 Å². The number of nitrogens with one attached hydrogen (secondary N) is 1. The van der Waals surface area contributed by atoms with Crippen LogP contribution in [0.15, 0.2) is 74.9 Å². The summed E-state index contributed by atoms with van der Waals surface area (Å²) in [6, 6.07) is 0. The van der Waals surface area contributed by atoms with E-state index < -0.39 is 0 Å². The predicted molar refractivity (Wildman–Crippen MR) is 127 cm³/mol. The van der Waals surface area contributed by atoms with Crippen LogP contribution in [0, 0.1) is 17.8 Å². The number of hydrogen-bond donors (Lipinski definition) is 1. The van der Waals surface area contributed by atoms with Crippen molar-refractivity contribution in [2.75, 3.05) is 13.7 Å². The third-order valence-corrected chi connectivity index (χ3v) is 6.99. The summed E-state index contributed by atoms with van der Waals surface area (Å²) in [6.07, 6.45) is 18.0. The summed E-state index contributed by atoms with van der Waals surface area (Å²) in [4.78, 5) is 10.9. The summed E-state index contributed by atoms with van der Waals surface area (Å²) in [5, 5.41) is 0. The summed E-state index contributed by atoms with van der Waals surface area (Å²) in [6.45, 7) is 9.70. The SMILES string of the molecule is CCC1=CC(C2N=C(C3=CC=C(C4=C(C)CCC=C4)C(COC)C3C)ON2)=CC(C)C1. The van der Waals surface area contributed by atoms with E-state index in [0.29, 0.717) is 18.4 Å². The molecule has 0 fully saturated rings. The first kappa shape index (κ1) is 22.0. The van der Waals surface area contributed by atoms with E-state index in [-0.39, 0.29) is 18.0 Å². The zero-order chi connectivity index (χ0) is 22.0. The van der Waals surface area contributed by atoms with Gasteiger partial charge in [-0.3, -0.25) is 0 Å². The largest absolute Gasteiger partial charge is 0.386 e. The van der Waals surface area contributed by atoms with Crippen LogP contribution in [-0.4, -0.2) is 25.8 Å². The molecule has 0 radical (unpaired) electrons. The zero-order valence-corrected chi connectivity index (χ0v) is 19.6. The highest BCUT2D eigenvalue weighted by atomic mass is 16.7. The van der Waals surface area contributed by atoms with E-state index in [1.54, 1.807) is 7.11 Å². The molecule has 4 unspecified atom stereocenters. The fraction of sp³-hybridized carbons (Fsp3) is 0.519. The Bertz CT molecular complexity index is 929. The first-order chi connectivity index (χ1) is 15.0. The van der Waals surface area contributed by atoms with E-state index in [0.717, 1.165) is 31.3 Å². The van der Waals surface area contributed by atoms with E-state index in [4.69, 9.17) is 14.6 Å². The monoisotopic (exact) mass is 420 g/mol. The summed E-state index contributed by atoms with van der Waals surface area (Å²) >= 11 is 0. The molecule has 0 aromatic carbocycles. The number of hydroxylamine groups is 1. The van der Waals surface area contributed by atoms with Gasteiger partial charge in [0.15, 0.2) is 6.17 Å². The average molecular weight is 421 g/mol. The Labute approximate surface area is 187 Å². The fourth-order valence-corrected chi connectivity index (χ4v) is 5.15. The molecule has 1 N–H and O–H groups in total. The lowest BCUT2D eigenvalue weighted by atomic mass is 9.74. The second-order valence-electron chi connectivity index (χ2n) is 9.29. The molecule has 0 saturated carbocycles. The molecule has 3 aliphatic carbocycles. The van der Waals surface area contributed by atoms with Gasteiger partial charge in [0, 0.05) is 18.6 Å². The van der Waals surface area contributed by atoms with E-state index in [1.165, 1.54) is 27.9 Å². The molecule has 4 nitrogen and oxygen atoms in total. The normalized spacial score (nSPS) is 30.9. The lowest BCUT2D eigenvalue weighted by Gasteiger charge is -2.32. The molecule has 0 saturated heterocycles. The Morgan fingerprint density at radius 1 is 1.23 bits per heavy atom. The molecule has 0 bridgehead atoms. The molecule has 0 spiro atoms. The van der Waals surface area contributed by atoms with Crippen molar-refractivity contribution in [2.45, 2.75) is 59.5 Å². The lowest BCUT2D eigenvalue weighted by molar-refractivity contribution is 0.148. The molecule has 1 heterocycles. The molecule has 0 aromatic rings. The summed E-state index contributed by atoms with van der Waals surface area (Å²) in [5.74, 6) is 1.80. The topological polar surface area (TPSA) is 42.9 Å². The Balaban J connectivity index is 1.63. The highest BCUT2D eigenvalue weighted by Crippen LogP contribution is 2.40. The minimum atomic E-state index is -0.134. The van der Waals surface area contributed by atoms with Crippen molar-refractivity contribution in [3.05, 3.63) is 69.9 Å². The molecule has 4 rings (SSSR count). The first-order valence-electron chi connectivity index (χ1n) is 11.7. The van der Waals surface area contributed by atoms with Crippen molar-refractivity contribution in [1.29, 1.82) is 0 Å². The smallest absolute Gasteiger partial charge is 0.238 e. The van der Waals surface area contributed by atoms with Crippen LogP contribution in [-0.2, 0) is 9.57 Å². The minimum absolute atomic E-state index is 0.134. The third kappa shape index (κ3) is 4.56. The maximum absolute atomic E-state index is 5.93. The molecular formula is C27H36N2O2. The second-order valence-corrected chi connectivity index (χ2v) is 9.29. The Morgan fingerprint density at radius 3 is 2.77 bits per heavy atom. The van der Waals surface area contributed by atoms with Gasteiger partial charge in [-0.15, -0.1) is 5.48 Å². The number of allylic oxidation sites excluding steroid dienone is 8. The molecule has 4 aliphatic rings. The fourth-order valence-electron chi connectivity index (χ4n) is 5.15. The zero-order valence-electron chi connectivity index (χ0n) is 19.6. The maximum atomic E-state index is 5.93. The second kappa shape index (κ2) is 9.54. The van der Waals surface area contributed by atoms with E-state index >= 15 is 0 Å². The standard InChI is InChI=1S/C27H36N2O2/c1-6-20-13-17(2)14-21(15-20)26-28-27(31-29-26)23-11-12-24(25(16-30-5)19(23)4)22-10-8-7-9-18(22)3/h8,10-12,14-15,17,19,25-26,29H,6-7,9,13,16H2,1-5H3. The van der Waals surface area contributed by atoms with Gasteiger partial charge >= 0.3 is 0 Å². The quantitative estimate of drug-likeness (QED) is 0.575. The number of ether oxygens (including phenoxy) is 1. The Hall–Kier alpha value is -2.17. The van der Waals surface area contributed by atoms with Crippen molar-refractivity contribution in [3.8, 4) is 0 Å². The van der Waals surface area contributed by atoms with Crippen LogP contribution in [0.4, 0.5) is 0 Å². The van der Waals surface area contributed by atoms with Crippen molar-refractivity contribution < 1.29 is 9.57 Å². The highest BCUT2D eigenvalue weighted by Gasteiger charge is 2.35. The minimum Gasteiger partial charge on any atom is -0.386 e. The van der Waals surface area contributed by atoms with Gasteiger partial charge in [-0.2, -0.15) is 0 Å². The van der Waals surface area contributed by atoms with Gasteiger partial charge in [0.2, 0.25) is 5.90 Å². The molecule has 4 atom stereocenters. The number of nitrogens with zero attached hydrogens (tertiary/aromatic N) is 1. The average Bonchev–Trinajstić information content (AvgIpc) is 3.25. The van der Waals surface area contributed by atoms with Crippen molar-refractivity contribution >= 4 is 5.90 Å². The van der Waals surface area contributed by atoms with Crippen molar-refractivity contribution in [3.63, 3.8) is 0 Å². The molecule has 4 heteroatoms. The van der Waals surface area contributed by atoms with Crippen molar-refractivity contribution in [2.24, 2.45) is 22.7 Å². The third-order valence-electron chi connectivity index (χ3n) is 6.99. The predicted octanol–water partition coefficient (Wildman–Crippen LogP) is 5.98. The Kier molecular flexibility index (Phi) is 6.78. The van der Waals surface area contributed by atoms with Gasteiger partial charge in [-0.25, -0.2) is 4.99 Å². The number of aliphatic imine (C=N–C) groups is 1. The first-order valence-corrected chi connectivity index (χ1v) is 11.7. The van der Waals surface area contributed by atoms with Crippen LogP contribution in [0.25, 0.3) is 0 Å². The van der Waals surface area contributed by atoms with Gasteiger partial charge in [0.25, 0.3) is 0 Å². The molecule has 31 heavy (non-hydrogen) atoms. The van der Waals surface area contributed by atoms with E-state index in [9.17, 15) is 0 Å². The van der Waals surface area contributed by atoms with Crippen LogP contribution < -0.4 is 5.48 Å². The van der Waals surface area contributed by atoms with Crippen LogP contribution in [0.5, 0.6) is 0 Å². The highest BCUT2D eigenvalue weighted by molar-refractivity contribution is 5.95. The molecule has 0 amide bonds. The van der Waals surface area contributed by atoms with Gasteiger partial charge in [0.05, 0.1) is 6.61 Å². The van der Waals surface area contributed by atoms with Crippen LogP contribution in [0.2, 0.25) is 0 Å². The lowest BCUT2D eigenvalue weighted by Crippen LogP contribution is -2.29. The number of methoxy groups -OCH3 is 1. The number of hydrogen-bond acceptors (Lipinski definition) is 4. The summed E-state index contributed by atoms with van der Waals surface area (Å²) in [5.41, 5.74) is 11.2. The Morgan fingerprint density at radius 2 is 2.03 bits per heavy atom. The van der Waals surface area contributed by atoms with Crippen LogP contribution in [0.3, 0.4) is 0 Å². The van der Waals surface area contributed by atoms with Crippen LogP contribution >= 0.6 is 0 Å². The maximum Gasteiger partial charge on any atom is 0.238 e. The molecule has 166 valence electrons. The van der Waals surface area contributed by atoms with Crippen LogP contribution in [0.1, 0.15) is 53.4 Å². The summed E-state index contributed by atoms with van der Waals surface area (Å²) in [7, 11) is 1.79. The van der Waals surface area contributed by atoms with Gasteiger partial charge in [-0.1, -0.05) is 68.4 Å². The van der Waals surface area contributed by atoms with E-state index in [1.807, 2.05) is 0 Å². The number of rotatable bonds is 6. The van der Waals surface area contributed by atoms with Gasteiger partial charge in [0.1, 0.15) is 0 Å². The molecule has 0 aromatic heterocycles. The molecule has 1 aliphatic heterocycles. The van der Waals surface area contributed by atoms with E-state index in [2.05, 4.69) is 69.6 Å². The van der Waals surface area contributed by atoms with Gasteiger partial charge in [-0.05, 0) is 61.2 Å².